The highest BCUT2D eigenvalue weighted by Gasteiger charge is 2.53. The summed E-state index contributed by atoms with van der Waals surface area (Å²) in [5.41, 5.74) is 2.55. The van der Waals surface area contributed by atoms with Crippen LogP contribution in [0.2, 0.25) is 0 Å². The standard InChI is InChI=1S/C25H28O4/c1-2-4-16-7-11-19-13-14-20-12-10-18-9-8-17(5-3-6-21(26)27)22(24(28)29)23(18)25(19,20)15-16/h3,5-6,8-10,12,16,19H,2,4,7,11,13-15H2,1H3,(H,26,27)(H,28,29)/b6-3+,17-5+. The van der Waals surface area contributed by atoms with Crippen molar-refractivity contribution in [2.45, 2.75) is 57.3 Å². The van der Waals surface area contributed by atoms with Crippen LogP contribution < -0.4 is 10.4 Å². The SMILES string of the molecule is CCCC1CCC2CCC3=CC=c4cc/c(=C\C=C\C(=O)O)c(C(=O)O)c4C32C1. The van der Waals surface area contributed by atoms with Gasteiger partial charge in [0.1, 0.15) is 0 Å². The van der Waals surface area contributed by atoms with E-state index >= 15 is 0 Å². The van der Waals surface area contributed by atoms with Gasteiger partial charge in [-0.05, 0) is 53.5 Å². The van der Waals surface area contributed by atoms with E-state index in [2.05, 4.69) is 19.1 Å². The lowest BCUT2D eigenvalue weighted by Crippen LogP contribution is -2.46. The molecule has 1 aromatic rings. The Labute approximate surface area is 171 Å². The number of carboxylic acid groups (broad SMARTS) is 2. The van der Waals surface area contributed by atoms with E-state index in [-0.39, 0.29) is 5.41 Å². The molecule has 4 rings (SSSR count). The monoisotopic (exact) mass is 392 g/mol. The highest BCUT2D eigenvalue weighted by molar-refractivity contribution is 5.92. The zero-order valence-corrected chi connectivity index (χ0v) is 16.9. The van der Waals surface area contributed by atoms with Crippen molar-refractivity contribution in [3.05, 3.63) is 57.5 Å². The summed E-state index contributed by atoms with van der Waals surface area (Å²) in [6.45, 7) is 2.22. The molecule has 152 valence electrons. The van der Waals surface area contributed by atoms with Crippen molar-refractivity contribution in [1.29, 1.82) is 0 Å². The van der Waals surface area contributed by atoms with Crippen LogP contribution in [0, 0.1) is 11.8 Å². The molecule has 1 spiro atoms. The highest BCUT2D eigenvalue weighted by atomic mass is 16.4. The van der Waals surface area contributed by atoms with Crippen LogP contribution in [0.25, 0.3) is 12.2 Å². The number of rotatable bonds is 5. The Bertz CT molecular complexity index is 1030. The number of aromatic carboxylic acids is 1. The number of fused-ring (bicyclic) bond motifs is 1. The maximum absolute atomic E-state index is 12.5. The molecule has 3 aliphatic carbocycles. The first-order valence-corrected chi connectivity index (χ1v) is 10.7. The molecular formula is C25H28O4. The number of benzene rings is 1. The molecular weight excluding hydrogens is 364 g/mol. The third-order valence-corrected chi connectivity index (χ3v) is 7.17. The second-order valence-electron chi connectivity index (χ2n) is 8.66. The third-order valence-electron chi connectivity index (χ3n) is 7.17. The maximum Gasteiger partial charge on any atom is 0.336 e. The lowest BCUT2D eigenvalue weighted by Gasteiger charge is -2.46. The summed E-state index contributed by atoms with van der Waals surface area (Å²) in [6.07, 6.45) is 16.3. The molecule has 3 aliphatic rings. The Hall–Kier alpha value is -2.62. The van der Waals surface area contributed by atoms with Gasteiger partial charge >= 0.3 is 11.9 Å². The van der Waals surface area contributed by atoms with Crippen LogP contribution >= 0.6 is 0 Å². The minimum Gasteiger partial charge on any atom is -0.478 e. The average Bonchev–Trinajstić information content (AvgIpc) is 3.06. The lowest BCUT2D eigenvalue weighted by atomic mass is 9.57. The predicted molar refractivity (Wildman–Crippen MR) is 113 cm³/mol. The number of hydrogen-bond donors (Lipinski definition) is 2. The van der Waals surface area contributed by atoms with Crippen molar-refractivity contribution < 1.29 is 19.8 Å². The molecule has 2 saturated carbocycles. The molecule has 3 unspecified atom stereocenters. The topological polar surface area (TPSA) is 74.6 Å². The molecule has 2 N–H and O–H groups in total. The van der Waals surface area contributed by atoms with Crippen molar-refractivity contribution in [1.82, 2.24) is 0 Å². The van der Waals surface area contributed by atoms with Gasteiger partial charge in [0.15, 0.2) is 0 Å². The van der Waals surface area contributed by atoms with Crippen LogP contribution in [0.4, 0.5) is 0 Å². The Kier molecular flexibility index (Phi) is 5.20. The van der Waals surface area contributed by atoms with Crippen LogP contribution in [0.1, 0.15) is 67.8 Å². The molecule has 0 saturated heterocycles. The van der Waals surface area contributed by atoms with E-state index in [1.807, 2.05) is 6.07 Å². The lowest BCUT2D eigenvalue weighted by molar-refractivity contribution is -0.131. The second-order valence-corrected chi connectivity index (χ2v) is 8.66. The van der Waals surface area contributed by atoms with Gasteiger partial charge in [0.25, 0.3) is 0 Å². The van der Waals surface area contributed by atoms with E-state index in [4.69, 9.17) is 5.11 Å². The maximum atomic E-state index is 12.5. The Morgan fingerprint density at radius 3 is 2.72 bits per heavy atom. The number of carboxylic acids is 2. The van der Waals surface area contributed by atoms with Crippen molar-refractivity contribution in [3.63, 3.8) is 0 Å². The number of carbonyl (C=O) groups is 2. The fourth-order valence-corrected chi connectivity index (χ4v) is 6.15. The summed E-state index contributed by atoms with van der Waals surface area (Å²) >= 11 is 0. The quantitative estimate of drug-likeness (QED) is 0.748. The van der Waals surface area contributed by atoms with Crippen molar-refractivity contribution in [2.75, 3.05) is 0 Å². The van der Waals surface area contributed by atoms with E-state index in [1.165, 1.54) is 24.5 Å². The van der Waals surface area contributed by atoms with Crippen molar-refractivity contribution >= 4 is 24.1 Å². The molecule has 1 aromatic carbocycles. The predicted octanol–water partition coefficient (Wildman–Crippen LogP) is 3.77. The van der Waals surface area contributed by atoms with Crippen LogP contribution in [0.3, 0.4) is 0 Å². The number of allylic oxidation sites excluding steroid dienone is 3. The average molecular weight is 392 g/mol. The number of aliphatic carboxylic acids is 1. The zero-order valence-electron chi connectivity index (χ0n) is 16.9. The van der Waals surface area contributed by atoms with Crippen molar-refractivity contribution in [2.24, 2.45) is 11.8 Å². The van der Waals surface area contributed by atoms with E-state index < -0.39 is 11.9 Å². The summed E-state index contributed by atoms with van der Waals surface area (Å²) in [5, 5.41) is 20.7. The summed E-state index contributed by atoms with van der Waals surface area (Å²) in [4.78, 5) is 23.3. The van der Waals surface area contributed by atoms with E-state index in [0.717, 1.165) is 49.0 Å². The van der Waals surface area contributed by atoms with E-state index in [9.17, 15) is 14.7 Å². The van der Waals surface area contributed by atoms with E-state index in [1.54, 1.807) is 12.1 Å². The van der Waals surface area contributed by atoms with Gasteiger partial charge < -0.3 is 10.2 Å². The smallest absolute Gasteiger partial charge is 0.336 e. The minimum absolute atomic E-state index is 0.170. The third kappa shape index (κ3) is 3.25. The molecule has 29 heavy (non-hydrogen) atoms. The van der Waals surface area contributed by atoms with Gasteiger partial charge in [-0.3, -0.25) is 0 Å². The Balaban J connectivity index is 1.96. The van der Waals surface area contributed by atoms with Crippen LogP contribution in [0.5, 0.6) is 0 Å². The fourth-order valence-electron chi connectivity index (χ4n) is 6.15. The van der Waals surface area contributed by atoms with Gasteiger partial charge in [0.05, 0.1) is 5.56 Å². The minimum atomic E-state index is -1.04. The molecule has 0 radical (unpaired) electrons. The first-order valence-electron chi connectivity index (χ1n) is 10.7. The number of hydrogen-bond acceptors (Lipinski definition) is 2. The first kappa shape index (κ1) is 19.7. The first-order chi connectivity index (χ1) is 14.0. The second kappa shape index (κ2) is 7.66. The fraction of sp³-hybridized carbons (Fsp3) is 0.440. The molecule has 0 aromatic heterocycles. The molecule has 0 aliphatic heterocycles. The molecule has 4 nitrogen and oxygen atoms in total. The molecule has 2 fully saturated rings. The molecule has 3 atom stereocenters. The van der Waals surface area contributed by atoms with Gasteiger partial charge in [-0.25, -0.2) is 9.59 Å². The van der Waals surface area contributed by atoms with Gasteiger partial charge in [0, 0.05) is 11.5 Å². The van der Waals surface area contributed by atoms with Gasteiger partial charge in [-0.2, -0.15) is 0 Å². The largest absolute Gasteiger partial charge is 0.478 e. The Morgan fingerprint density at radius 1 is 1.17 bits per heavy atom. The van der Waals surface area contributed by atoms with Crippen LogP contribution in [-0.2, 0) is 10.2 Å². The zero-order chi connectivity index (χ0) is 20.6. The molecule has 4 heteroatoms. The van der Waals surface area contributed by atoms with Crippen molar-refractivity contribution in [3.8, 4) is 0 Å². The normalized spacial score (nSPS) is 28.3. The molecule has 0 bridgehead atoms. The summed E-state index contributed by atoms with van der Waals surface area (Å²) in [5.74, 6) is -0.843. The van der Waals surface area contributed by atoms with E-state index in [0.29, 0.717) is 22.6 Å². The summed E-state index contributed by atoms with van der Waals surface area (Å²) < 4.78 is 0. The Morgan fingerprint density at radius 2 is 2.00 bits per heavy atom. The van der Waals surface area contributed by atoms with Gasteiger partial charge in [-0.15, -0.1) is 0 Å². The highest BCUT2D eigenvalue weighted by Crippen LogP contribution is 2.59. The van der Waals surface area contributed by atoms with Crippen LogP contribution in [0.15, 0.2) is 35.9 Å². The van der Waals surface area contributed by atoms with Gasteiger partial charge in [0.2, 0.25) is 0 Å². The van der Waals surface area contributed by atoms with Gasteiger partial charge in [-0.1, -0.05) is 68.2 Å². The molecule has 0 heterocycles. The summed E-state index contributed by atoms with van der Waals surface area (Å²) in [6, 6.07) is 3.81. The molecule has 0 amide bonds. The summed E-state index contributed by atoms with van der Waals surface area (Å²) in [7, 11) is 0. The van der Waals surface area contributed by atoms with Crippen LogP contribution in [-0.4, -0.2) is 22.2 Å².